The van der Waals surface area contributed by atoms with Gasteiger partial charge in [0.1, 0.15) is 12.4 Å². The molecule has 5 nitrogen and oxygen atoms in total. The second-order valence-electron chi connectivity index (χ2n) is 4.62. The molecule has 0 N–H and O–H groups in total. The molecule has 1 aromatic rings. The lowest BCUT2D eigenvalue weighted by atomic mass is 10.1. The number of hydrogen-bond donors (Lipinski definition) is 0. The third-order valence-corrected chi connectivity index (χ3v) is 2.81. The Morgan fingerprint density at radius 1 is 1.00 bits per heavy atom. The zero-order valence-corrected chi connectivity index (χ0v) is 13.0. The molecule has 0 bridgehead atoms. The van der Waals surface area contributed by atoms with Crippen LogP contribution in [0, 0.1) is 6.92 Å². The molecule has 0 heterocycles. The maximum atomic E-state index is 11.5. The van der Waals surface area contributed by atoms with E-state index in [1.165, 1.54) is 6.92 Å². The number of rotatable bonds is 11. The van der Waals surface area contributed by atoms with Gasteiger partial charge in [0.05, 0.1) is 38.6 Å². The van der Waals surface area contributed by atoms with Crippen LogP contribution < -0.4 is 4.74 Å². The Hall–Kier alpha value is -1.43. The highest BCUT2D eigenvalue weighted by atomic mass is 16.6. The van der Waals surface area contributed by atoms with Crippen LogP contribution in [0.4, 0.5) is 0 Å². The van der Waals surface area contributed by atoms with Crippen LogP contribution in [0.25, 0.3) is 0 Å². The maximum Gasteiger partial charge on any atom is 0.163 e. The lowest BCUT2D eigenvalue weighted by molar-refractivity contribution is 0.0179. The van der Waals surface area contributed by atoms with E-state index in [1.807, 2.05) is 19.1 Å². The van der Waals surface area contributed by atoms with Crippen molar-refractivity contribution in [3.63, 3.8) is 0 Å². The number of carbonyl (C=O) groups is 1. The summed E-state index contributed by atoms with van der Waals surface area (Å²) in [5.41, 5.74) is 1.66. The van der Waals surface area contributed by atoms with Gasteiger partial charge in [-0.2, -0.15) is 0 Å². The van der Waals surface area contributed by atoms with Crippen LogP contribution in [0.1, 0.15) is 22.8 Å². The highest BCUT2D eigenvalue weighted by Gasteiger charge is 2.08. The Balaban J connectivity index is 2.21. The van der Waals surface area contributed by atoms with Crippen LogP contribution in [0.3, 0.4) is 0 Å². The van der Waals surface area contributed by atoms with Crippen molar-refractivity contribution in [1.82, 2.24) is 0 Å². The summed E-state index contributed by atoms with van der Waals surface area (Å²) in [5.74, 6) is 0.611. The van der Waals surface area contributed by atoms with E-state index in [2.05, 4.69) is 0 Å². The van der Waals surface area contributed by atoms with Gasteiger partial charge in [-0.05, 0) is 31.5 Å². The molecule has 0 fully saturated rings. The third-order valence-electron chi connectivity index (χ3n) is 2.81. The van der Waals surface area contributed by atoms with E-state index < -0.39 is 0 Å². The molecule has 21 heavy (non-hydrogen) atoms. The molecule has 0 saturated carbocycles. The number of ketones is 1. The minimum atomic E-state index is -0.00235. The average molecular weight is 296 g/mol. The normalized spacial score (nSPS) is 10.6. The molecular formula is C16H24O5. The number of carbonyl (C=O) groups excluding carboxylic acids is 1. The minimum absolute atomic E-state index is 0.00235. The van der Waals surface area contributed by atoms with Crippen LogP contribution in [0.15, 0.2) is 18.2 Å². The van der Waals surface area contributed by atoms with E-state index in [0.717, 1.165) is 5.56 Å². The molecule has 0 saturated heterocycles. The Morgan fingerprint density at radius 3 is 2.24 bits per heavy atom. The molecule has 0 aliphatic carbocycles. The molecule has 0 aliphatic heterocycles. The monoisotopic (exact) mass is 296 g/mol. The van der Waals surface area contributed by atoms with Gasteiger partial charge in [-0.15, -0.1) is 0 Å². The molecule has 1 aromatic carbocycles. The quantitative estimate of drug-likeness (QED) is 0.463. The minimum Gasteiger partial charge on any atom is -0.490 e. The molecule has 118 valence electrons. The molecule has 0 unspecified atom stereocenters. The molecular weight excluding hydrogens is 272 g/mol. The van der Waals surface area contributed by atoms with Crippen LogP contribution >= 0.6 is 0 Å². The number of Topliss-reactive ketones (excluding diaryl/α,β-unsaturated/α-hetero) is 1. The number of hydrogen-bond acceptors (Lipinski definition) is 5. The molecule has 0 aliphatic rings. The summed E-state index contributed by atoms with van der Waals surface area (Å²) in [4.78, 5) is 11.5. The molecule has 0 spiro atoms. The van der Waals surface area contributed by atoms with Crippen molar-refractivity contribution in [3.05, 3.63) is 29.3 Å². The van der Waals surface area contributed by atoms with Crippen LogP contribution in [0.2, 0.25) is 0 Å². The van der Waals surface area contributed by atoms with Gasteiger partial charge in [-0.25, -0.2) is 0 Å². The van der Waals surface area contributed by atoms with Gasteiger partial charge in [0.2, 0.25) is 0 Å². The Labute approximate surface area is 126 Å². The lowest BCUT2D eigenvalue weighted by Gasteiger charge is -2.11. The predicted octanol–water partition coefficient (Wildman–Crippen LogP) is 2.26. The summed E-state index contributed by atoms with van der Waals surface area (Å²) < 4.78 is 21.1. The van der Waals surface area contributed by atoms with E-state index in [4.69, 9.17) is 18.9 Å². The molecule has 5 heteroatoms. The van der Waals surface area contributed by atoms with Gasteiger partial charge in [-0.1, -0.05) is 6.07 Å². The number of methoxy groups -OCH3 is 1. The number of benzene rings is 1. The summed E-state index contributed by atoms with van der Waals surface area (Å²) >= 11 is 0. The summed E-state index contributed by atoms with van der Waals surface area (Å²) in [6, 6.07) is 5.56. The molecule has 0 radical (unpaired) electrons. The van der Waals surface area contributed by atoms with Gasteiger partial charge >= 0.3 is 0 Å². The van der Waals surface area contributed by atoms with Crippen LogP contribution in [-0.2, 0) is 14.2 Å². The second kappa shape index (κ2) is 10.3. The molecule has 0 amide bonds. The maximum absolute atomic E-state index is 11.5. The van der Waals surface area contributed by atoms with E-state index in [-0.39, 0.29) is 5.78 Å². The summed E-state index contributed by atoms with van der Waals surface area (Å²) in [5, 5.41) is 0. The first kappa shape index (κ1) is 17.6. The standard InChI is InChI=1S/C16H24O5/c1-13-4-5-15(14(2)17)16(12-13)21-11-10-20-9-8-19-7-6-18-3/h4-5,12H,6-11H2,1-3H3. The lowest BCUT2D eigenvalue weighted by Crippen LogP contribution is -2.13. The molecule has 0 aromatic heterocycles. The van der Waals surface area contributed by atoms with Gasteiger partial charge in [0, 0.05) is 7.11 Å². The van der Waals surface area contributed by atoms with Gasteiger partial charge in [0.25, 0.3) is 0 Å². The number of ether oxygens (including phenoxy) is 4. The largest absolute Gasteiger partial charge is 0.490 e. The average Bonchev–Trinajstić information content (AvgIpc) is 2.45. The highest BCUT2D eigenvalue weighted by Crippen LogP contribution is 2.20. The first-order chi connectivity index (χ1) is 10.1. The summed E-state index contributed by atoms with van der Waals surface area (Å²) in [6.07, 6.45) is 0. The number of aryl methyl sites for hydroxylation is 1. The fourth-order valence-corrected chi connectivity index (χ4v) is 1.71. The second-order valence-corrected chi connectivity index (χ2v) is 4.62. The van der Waals surface area contributed by atoms with Crippen LogP contribution in [0.5, 0.6) is 5.75 Å². The fraction of sp³-hybridized carbons (Fsp3) is 0.562. The SMILES string of the molecule is COCCOCCOCCOc1cc(C)ccc1C(C)=O. The van der Waals surface area contributed by atoms with Crippen molar-refractivity contribution in [1.29, 1.82) is 0 Å². The summed E-state index contributed by atoms with van der Waals surface area (Å²) in [6.45, 7) is 6.57. The molecule has 0 atom stereocenters. The van der Waals surface area contributed by atoms with Crippen molar-refractivity contribution in [2.75, 3.05) is 46.8 Å². The van der Waals surface area contributed by atoms with Crippen LogP contribution in [-0.4, -0.2) is 52.5 Å². The molecule has 1 rings (SSSR count). The Bertz CT molecular complexity index is 431. The van der Waals surface area contributed by atoms with Gasteiger partial charge in [-0.3, -0.25) is 4.79 Å². The van der Waals surface area contributed by atoms with E-state index in [9.17, 15) is 4.79 Å². The van der Waals surface area contributed by atoms with Gasteiger partial charge < -0.3 is 18.9 Å². The first-order valence-corrected chi connectivity index (χ1v) is 7.04. The first-order valence-electron chi connectivity index (χ1n) is 7.04. The predicted molar refractivity (Wildman–Crippen MR) is 80.2 cm³/mol. The van der Waals surface area contributed by atoms with Crippen molar-refractivity contribution in [3.8, 4) is 5.75 Å². The van der Waals surface area contributed by atoms with Crippen molar-refractivity contribution in [2.24, 2.45) is 0 Å². The summed E-state index contributed by atoms with van der Waals surface area (Å²) in [7, 11) is 1.64. The van der Waals surface area contributed by atoms with Crippen molar-refractivity contribution >= 4 is 5.78 Å². The van der Waals surface area contributed by atoms with Crippen molar-refractivity contribution < 1.29 is 23.7 Å². The topological polar surface area (TPSA) is 54.0 Å². The zero-order valence-electron chi connectivity index (χ0n) is 13.0. The Morgan fingerprint density at radius 2 is 1.62 bits per heavy atom. The van der Waals surface area contributed by atoms with E-state index in [1.54, 1.807) is 13.2 Å². The highest BCUT2D eigenvalue weighted by molar-refractivity contribution is 5.96. The van der Waals surface area contributed by atoms with Gasteiger partial charge in [0.15, 0.2) is 5.78 Å². The third kappa shape index (κ3) is 7.22. The fourth-order valence-electron chi connectivity index (χ4n) is 1.71. The van der Waals surface area contributed by atoms with E-state index >= 15 is 0 Å². The zero-order chi connectivity index (χ0) is 15.5. The Kier molecular flexibility index (Phi) is 8.66. The smallest absolute Gasteiger partial charge is 0.163 e. The van der Waals surface area contributed by atoms with Crippen molar-refractivity contribution in [2.45, 2.75) is 13.8 Å². The van der Waals surface area contributed by atoms with E-state index in [0.29, 0.717) is 51.0 Å².